The van der Waals surface area contributed by atoms with E-state index in [9.17, 15) is 20.1 Å². The molecule has 0 spiro atoms. The monoisotopic (exact) mass is 509 g/mol. The van der Waals surface area contributed by atoms with E-state index in [1.165, 1.54) is 10.8 Å². The highest BCUT2D eigenvalue weighted by Gasteiger charge is 2.45. The van der Waals surface area contributed by atoms with E-state index in [0.717, 1.165) is 10.0 Å². The van der Waals surface area contributed by atoms with Crippen molar-refractivity contribution >= 4 is 45.2 Å². The second kappa shape index (κ2) is 8.84. The third-order valence-corrected chi connectivity index (χ3v) is 5.51. The molecule has 4 rings (SSSR count). The number of aromatic amines is 1. The Balaban J connectivity index is 1.73. The van der Waals surface area contributed by atoms with Crippen LogP contribution in [0.4, 0.5) is 11.9 Å². The molecule has 0 bridgehead atoms. The van der Waals surface area contributed by atoms with E-state index >= 15 is 0 Å². The average molecular weight is 510 g/mol. The zero-order valence-electron chi connectivity index (χ0n) is 16.6. The van der Waals surface area contributed by atoms with Gasteiger partial charge < -0.3 is 30.5 Å². The van der Waals surface area contributed by atoms with E-state index in [1.807, 2.05) is 0 Å². The number of halogens is 1. The van der Waals surface area contributed by atoms with Crippen molar-refractivity contribution in [1.29, 1.82) is 0 Å². The maximum Gasteiger partial charge on any atom is 0.280 e. The predicted molar refractivity (Wildman–Crippen MR) is 117 cm³/mol. The van der Waals surface area contributed by atoms with Crippen molar-refractivity contribution in [2.75, 3.05) is 24.9 Å². The molecule has 14 heteroatoms. The fourth-order valence-corrected chi connectivity index (χ4v) is 3.90. The van der Waals surface area contributed by atoms with Crippen LogP contribution in [-0.2, 0) is 4.74 Å². The number of hydrogen-bond donors (Lipinski definition) is 6. The number of nitrogens with one attached hydrogen (secondary N) is 2. The molecule has 0 unspecified atom stereocenters. The lowest BCUT2D eigenvalue weighted by molar-refractivity contribution is -0.0501. The van der Waals surface area contributed by atoms with Crippen molar-refractivity contribution in [2.24, 2.45) is 5.10 Å². The number of aromatic nitrogens is 4. The number of nitrogens with zero attached hydrogens (tertiary/aromatic N) is 4. The Hall–Kier alpha value is -3.04. The highest BCUT2D eigenvalue weighted by Crippen LogP contribution is 2.34. The molecule has 1 saturated heterocycles. The normalized spacial score (nSPS) is 23.3. The number of nitrogens with two attached hydrogens (primary N) is 1. The number of rotatable bonds is 6. The lowest BCUT2D eigenvalue weighted by Gasteiger charge is -2.18. The van der Waals surface area contributed by atoms with Gasteiger partial charge in [0, 0.05) is 0 Å². The maximum atomic E-state index is 12.3. The number of nitrogen functional groups attached to an aromatic ring is 1. The van der Waals surface area contributed by atoms with Crippen molar-refractivity contribution in [1.82, 2.24) is 19.5 Å². The summed E-state index contributed by atoms with van der Waals surface area (Å²) < 4.78 is 12.8. The van der Waals surface area contributed by atoms with E-state index in [0.29, 0.717) is 5.75 Å². The maximum absolute atomic E-state index is 12.3. The summed E-state index contributed by atoms with van der Waals surface area (Å²) in [7, 11) is 1.56. The first-order chi connectivity index (χ1) is 15.3. The third-order valence-electron chi connectivity index (χ3n) is 4.89. The number of hydrazone groups is 1. The Labute approximate surface area is 188 Å². The van der Waals surface area contributed by atoms with E-state index < -0.39 is 36.7 Å². The van der Waals surface area contributed by atoms with Crippen molar-refractivity contribution < 1.29 is 24.8 Å². The second-order valence-corrected chi connectivity index (χ2v) is 7.78. The molecule has 0 amide bonds. The Bertz CT molecular complexity index is 1230. The van der Waals surface area contributed by atoms with Crippen molar-refractivity contribution in [2.45, 2.75) is 24.5 Å². The lowest BCUT2D eigenvalue weighted by Crippen LogP contribution is -2.33. The van der Waals surface area contributed by atoms with Gasteiger partial charge >= 0.3 is 0 Å². The van der Waals surface area contributed by atoms with Gasteiger partial charge in [-0.1, -0.05) is 0 Å². The van der Waals surface area contributed by atoms with Crippen LogP contribution in [0.5, 0.6) is 5.75 Å². The van der Waals surface area contributed by atoms with Crippen LogP contribution in [0.1, 0.15) is 11.8 Å². The smallest absolute Gasteiger partial charge is 0.280 e. The Morgan fingerprint density at radius 2 is 2.19 bits per heavy atom. The molecule has 0 aliphatic carbocycles. The largest absolute Gasteiger partial charge is 0.496 e. The topological polar surface area (TPSA) is 193 Å². The van der Waals surface area contributed by atoms with Crippen LogP contribution in [0.3, 0.4) is 0 Å². The fourth-order valence-electron chi connectivity index (χ4n) is 3.34. The van der Waals surface area contributed by atoms with E-state index in [2.05, 4.69) is 41.4 Å². The number of fused-ring (bicyclic) bond motifs is 1. The number of aliphatic hydroxyl groups excluding tert-OH is 3. The predicted octanol–water partition coefficient (Wildman–Crippen LogP) is -0.470. The summed E-state index contributed by atoms with van der Waals surface area (Å²) in [4.78, 5) is 22.9. The molecule has 170 valence electrons. The number of anilines is 2. The van der Waals surface area contributed by atoms with Crippen LogP contribution >= 0.6 is 15.9 Å². The van der Waals surface area contributed by atoms with Crippen LogP contribution in [0, 0.1) is 0 Å². The Kier molecular flexibility index (Phi) is 6.12. The van der Waals surface area contributed by atoms with Crippen LogP contribution in [0.15, 0.2) is 32.6 Å². The molecule has 1 fully saturated rings. The molecule has 0 saturated carbocycles. The molecule has 1 aliphatic heterocycles. The molecule has 2 aromatic heterocycles. The summed E-state index contributed by atoms with van der Waals surface area (Å²) in [5.74, 6) is 0.486. The van der Waals surface area contributed by atoms with Crippen molar-refractivity contribution in [3.8, 4) is 5.75 Å². The minimum absolute atomic E-state index is 0.00210. The minimum Gasteiger partial charge on any atom is -0.496 e. The summed E-state index contributed by atoms with van der Waals surface area (Å²) in [6.45, 7) is -0.523. The first-order valence-electron chi connectivity index (χ1n) is 9.36. The van der Waals surface area contributed by atoms with Gasteiger partial charge in [-0.25, -0.2) is 10.4 Å². The molecular weight excluding hydrogens is 490 g/mol. The van der Waals surface area contributed by atoms with Crippen LogP contribution in [0.25, 0.3) is 11.2 Å². The number of benzene rings is 1. The zero-order chi connectivity index (χ0) is 23.0. The molecule has 13 nitrogen and oxygen atoms in total. The summed E-state index contributed by atoms with van der Waals surface area (Å²) >= 11 is 3.39. The summed E-state index contributed by atoms with van der Waals surface area (Å²) in [5.41, 5.74) is 8.40. The highest BCUT2D eigenvalue weighted by atomic mass is 79.9. The number of aliphatic hydroxyl groups is 3. The van der Waals surface area contributed by atoms with Gasteiger partial charge in [-0.05, 0) is 39.7 Å². The number of methoxy groups -OCH3 is 1. The van der Waals surface area contributed by atoms with Gasteiger partial charge in [0.2, 0.25) is 11.9 Å². The Morgan fingerprint density at radius 3 is 2.84 bits per heavy atom. The molecule has 3 heterocycles. The number of ether oxygens (including phenoxy) is 2. The average Bonchev–Trinajstić information content (AvgIpc) is 3.25. The zero-order valence-corrected chi connectivity index (χ0v) is 18.2. The van der Waals surface area contributed by atoms with Gasteiger partial charge in [0.25, 0.3) is 5.56 Å². The molecule has 7 N–H and O–H groups in total. The Morgan fingerprint density at radius 1 is 1.41 bits per heavy atom. The quantitative estimate of drug-likeness (QED) is 0.187. The van der Waals surface area contributed by atoms with Gasteiger partial charge in [-0.3, -0.25) is 14.3 Å². The minimum atomic E-state index is -1.44. The SMILES string of the molecule is COc1ccc(/C=N\Nc2nc3c(=O)[nH]c(N)nc3n2[C@@H]2O[C@@H](CO)[C@@H](O)[C@@H]2O)cc1Br. The summed E-state index contributed by atoms with van der Waals surface area (Å²) in [5, 5.41) is 34.2. The lowest BCUT2D eigenvalue weighted by atomic mass is 10.1. The molecule has 1 aromatic carbocycles. The molecular formula is C18H20BrN7O6. The highest BCUT2D eigenvalue weighted by molar-refractivity contribution is 9.10. The van der Waals surface area contributed by atoms with Crippen LogP contribution in [-0.4, -0.2) is 73.1 Å². The van der Waals surface area contributed by atoms with Gasteiger partial charge in [-0.2, -0.15) is 10.1 Å². The summed E-state index contributed by atoms with van der Waals surface area (Å²) in [6.07, 6.45) is -3.56. The van der Waals surface area contributed by atoms with Crippen LogP contribution in [0.2, 0.25) is 0 Å². The van der Waals surface area contributed by atoms with Gasteiger partial charge in [0.1, 0.15) is 24.1 Å². The molecule has 0 radical (unpaired) electrons. The molecule has 4 atom stereocenters. The second-order valence-electron chi connectivity index (χ2n) is 6.92. The van der Waals surface area contributed by atoms with Gasteiger partial charge in [0.15, 0.2) is 17.4 Å². The first kappa shape index (κ1) is 22.2. The third kappa shape index (κ3) is 3.93. The fraction of sp³-hybridized carbons (Fsp3) is 0.333. The van der Waals surface area contributed by atoms with Gasteiger partial charge in [-0.15, -0.1) is 0 Å². The molecule has 32 heavy (non-hydrogen) atoms. The van der Waals surface area contributed by atoms with Gasteiger partial charge in [0.05, 0.1) is 24.4 Å². The van der Waals surface area contributed by atoms with E-state index in [1.54, 1.807) is 25.3 Å². The van der Waals surface area contributed by atoms with E-state index in [-0.39, 0.29) is 23.1 Å². The first-order valence-corrected chi connectivity index (χ1v) is 10.2. The standard InChI is InChI=1S/C18H20BrN7O6/c1-31-9-3-2-7(4-8(9)19)5-21-25-18-22-11-14(23-17(20)24-15(11)30)26(18)16-13(29)12(28)10(6-27)32-16/h2-5,10,12-13,16,27-29H,6H2,1H3,(H,22,25)(H3,20,23,24,30)/b21-5-/t10-,12+,13-,16+/m0/s1. The van der Waals surface area contributed by atoms with Crippen LogP contribution < -0.4 is 21.5 Å². The van der Waals surface area contributed by atoms with Crippen molar-refractivity contribution in [3.05, 3.63) is 38.6 Å². The number of hydrogen-bond acceptors (Lipinski definition) is 11. The van der Waals surface area contributed by atoms with Crippen molar-refractivity contribution in [3.63, 3.8) is 0 Å². The molecule has 3 aromatic rings. The van der Waals surface area contributed by atoms with E-state index in [4.69, 9.17) is 15.2 Å². The summed E-state index contributed by atoms with van der Waals surface area (Å²) in [6, 6.07) is 5.31. The number of H-pyrrole nitrogens is 1. The molecule has 1 aliphatic rings. The number of imidazole rings is 1.